The summed E-state index contributed by atoms with van der Waals surface area (Å²) in [6.07, 6.45) is 0.170. The molecule has 0 aliphatic carbocycles. The van der Waals surface area contributed by atoms with E-state index in [1.807, 2.05) is 0 Å². The number of likely N-dealkylation sites (tertiary alicyclic amines) is 1. The largest absolute Gasteiger partial charge is 0.508 e. The minimum atomic E-state index is -0.446. The zero-order valence-electron chi connectivity index (χ0n) is 9.30. The third-order valence-corrected chi connectivity index (χ3v) is 2.97. The van der Waals surface area contributed by atoms with Gasteiger partial charge in [-0.2, -0.15) is 0 Å². The van der Waals surface area contributed by atoms with Crippen LogP contribution in [-0.4, -0.2) is 28.4 Å². The van der Waals surface area contributed by atoms with E-state index in [-0.39, 0.29) is 18.1 Å². The highest BCUT2D eigenvalue weighted by atomic mass is 16.3. The summed E-state index contributed by atoms with van der Waals surface area (Å²) in [6.45, 7) is 0.651. The molecule has 17 heavy (non-hydrogen) atoms. The van der Waals surface area contributed by atoms with Crippen LogP contribution in [0, 0.1) is 5.92 Å². The van der Waals surface area contributed by atoms with Crippen LogP contribution in [0.2, 0.25) is 0 Å². The van der Waals surface area contributed by atoms with Crippen LogP contribution in [-0.2, 0) is 16.1 Å². The van der Waals surface area contributed by atoms with Crippen molar-refractivity contribution < 1.29 is 14.7 Å². The standard InChI is InChI=1S/C12H14N2O3/c13-12(17)9-5-11(16)14(7-9)6-8-3-1-2-4-10(8)15/h1-4,9,15H,5-7H2,(H2,13,17). The van der Waals surface area contributed by atoms with Crippen molar-refractivity contribution in [2.75, 3.05) is 6.54 Å². The first kappa shape index (κ1) is 11.4. The van der Waals surface area contributed by atoms with Crippen molar-refractivity contribution in [3.8, 4) is 5.75 Å². The Morgan fingerprint density at radius 2 is 2.18 bits per heavy atom. The molecule has 1 saturated heterocycles. The summed E-state index contributed by atoms with van der Waals surface area (Å²) in [5.41, 5.74) is 5.85. The fourth-order valence-electron chi connectivity index (χ4n) is 1.97. The Bertz CT molecular complexity index is 459. The van der Waals surface area contributed by atoms with E-state index >= 15 is 0 Å². The molecule has 90 valence electrons. The minimum Gasteiger partial charge on any atom is -0.508 e. The topological polar surface area (TPSA) is 83.6 Å². The number of nitrogens with two attached hydrogens (primary N) is 1. The number of aromatic hydroxyl groups is 1. The number of rotatable bonds is 3. The molecule has 2 rings (SSSR count). The fraction of sp³-hybridized carbons (Fsp3) is 0.333. The van der Waals surface area contributed by atoms with E-state index in [0.29, 0.717) is 18.7 Å². The first-order valence-corrected chi connectivity index (χ1v) is 5.42. The van der Waals surface area contributed by atoms with Gasteiger partial charge >= 0.3 is 0 Å². The lowest BCUT2D eigenvalue weighted by Gasteiger charge is -2.16. The van der Waals surface area contributed by atoms with E-state index in [1.54, 1.807) is 29.2 Å². The van der Waals surface area contributed by atoms with Crippen LogP contribution in [0.1, 0.15) is 12.0 Å². The Morgan fingerprint density at radius 1 is 1.47 bits per heavy atom. The van der Waals surface area contributed by atoms with Crippen molar-refractivity contribution in [2.24, 2.45) is 11.7 Å². The van der Waals surface area contributed by atoms with Gasteiger partial charge in [-0.05, 0) is 6.07 Å². The highest BCUT2D eigenvalue weighted by Crippen LogP contribution is 2.23. The lowest BCUT2D eigenvalue weighted by atomic mass is 10.1. The van der Waals surface area contributed by atoms with Crippen LogP contribution in [0.25, 0.3) is 0 Å². The van der Waals surface area contributed by atoms with E-state index in [4.69, 9.17) is 5.73 Å². The summed E-state index contributed by atoms with van der Waals surface area (Å²) in [7, 11) is 0. The number of hydrogen-bond acceptors (Lipinski definition) is 3. The van der Waals surface area contributed by atoms with Gasteiger partial charge in [0, 0.05) is 25.1 Å². The summed E-state index contributed by atoms with van der Waals surface area (Å²) in [4.78, 5) is 24.2. The highest BCUT2D eigenvalue weighted by molar-refractivity contribution is 5.88. The monoisotopic (exact) mass is 234 g/mol. The number of phenolic OH excluding ortho intramolecular Hbond substituents is 1. The van der Waals surface area contributed by atoms with Gasteiger partial charge in [0.05, 0.1) is 5.92 Å². The summed E-state index contributed by atoms with van der Waals surface area (Å²) in [5, 5.41) is 9.60. The SMILES string of the molecule is NC(=O)C1CC(=O)N(Cc2ccccc2O)C1. The van der Waals surface area contributed by atoms with Crippen molar-refractivity contribution in [1.82, 2.24) is 4.90 Å². The van der Waals surface area contributed by atoms with Gasteiger partial charge in [-0.15, -0.1) is 0 Å². The Hall–Kier alpha value is -2.04. The number of carbonyl (C=O) groups excluding carboxylic acids is 2. The number of nitrogens with zero attached hydrogens (tertiary/aromatic N) is 1. The number of para-hydroxylation sites is 1. The highest BCUT2D eigenvalue weighted by Gasteiger charge is 2.33. The third-order valence-electron chi connectivity index (χ3n) is 2.97. The molecule has 1 aliphatic rings. The van der Waals surface area contributed by atoms with E-state index in [2.05, 4.69) is 0 Å². The van der Waals surface area contributed by atoms with Gasteiger partial charge in [0.25, 0.3) is 0 Å². The quantitative estimate of drug-likeness (QED) is 0.785. The maximum Gasteiger partial charge on any atom is 0.223 e. The average Bonchev–Trinajstić information content (AvgIpc) is 2.64. The third kappa shape index (κ3) is 2.38. The van der Waals surface area contributed by atoms with Gasteiger partial charge in [-0.3, -0.25) is 9.59 Å². The smallest absolute Gasteiger partial charge is 0.223 e. The van der Waals surface area contributed by atoms with E-state index in [1.165, 1.54) is 0 Å². The molecule has 1 unspecified atom stereocenters. The van der Waals surface area contributed by atoms with Crippen LogP contribution in [0.3, 0.4) is 0 Å². The molecule has 5 nitrogen and oxygen atoms in total. The molecule has 1 aliphatic heterocycles. The summed E-state index contributed by atoms with van der Waals surface area (Å²) >= 11 is 0. The molecule has 0 bridgehead atoms. The summed E-state index contributed by atoms with van der Waals surface area (Å²) < 4.78 is 0. The van der Waals surface area contributed by atoms with E-state index in [0.717, 1.165) is 0 Å². The molecule has 2 amide bonds. The number of hydrogen-bond donors (Lipinski definition) is 2. The first-order valence-electron chi connectivity index (χ1n) is 5.42. The van der Waals surface area contributed by atoms with Crippen LogP contribution < -0.4 is 5.73 Å². The summed E-state index contributed by atoms with van der Waals surface area (Å²) in [6, 6.07) is 6.83. The molecule has 1 aromatic carbocycles. The predicted molar refractivity (Wildman–Crippen MR) is 60.8 cm³/mol. The normalized spacial score (nSPS) is 19.6. The van der Waals surface area contributed by atoms with Crippen LogP contribution in [0.4, 0.5) is 0 Å². The first-order chi connectivity index (χ1) is 8.08. The second kappa shape index (κ2) is 4.45. The number of primary amides is 1. The van der Waals surface area contributed by atoms with Crippen molar-refractivity contribution in [3.05, 3.63) is 29.8 Å². The Morgan fingerprint density at radius 3 is 2.76 bits per heavy atom. The van der Waals surface area contributed by atoms with E-state index in [9.17, 15) is 14.7 Å². The molecule has 1 aromatic rings. The fourth-order valence-corrected chi connectivity index (χ4v) is 1.97. The number of benzene rings is 1. The van der Waals surface area contributed by atoms with Crippen molar-refractivity contribution in [2.45, 2.75) is 13.0 Å². The molecule has 0 radical (unpaired) electrons. The average molecular weight is 234 g/mol. The van der Waals surface area contributed by atoms with Gasteiger partial charge < -0.3 is 15.7 Å². The maximum absolute atomic E-state index is 11.6. The number of phenols is 1. The van der Waals surface area contributed by atoms with Gasteiger partial charge in [-0.25, -0.2) is 0 Å². The van der Waals surface area contributed by atoms with Gasteiger partial charge in [0.15, 0.2) is 0 Å². The molecule has 3 N–H and O–H groups in total. The molecule has 0 aromatic heterocycles. The van der Waals surface area contributed by atoms with Crippen LogP contribution >= 0.6 is 0 Å². The second-order valence-electron chi connectivity index (χ2n) is 4.21. The number of carbonyl (C=O) groups is 2. The maximum atomic E-state index is 11.6. The molecular formula is C12H14N2O3. The minimum absolute atomic E-state index is 0.1000. The Labute approximate surface area is 98.8 Å². The van der Waals surface area contributed by atoms with Crippen molar-refractivity contribution in [1.29, 1.82) is 0 Å². The molecule has 0 saturated carbocycles. The molecule has 1 fully saturated rings. The number of amides is 2. The zero-order chi connectivity index (χ0) is 12.4. The molecule has 1 heterocycles. The lowest BCUT2D eigenvalue weighted by molar-refractivity contribution is -0.128. The Balaban J connectivity index is 2.08. The predicted octanol–water partition coefficient (Wildman–Crippen LogP) is 0.226. The molecule has 1 atom stereocenters. The van der Waals surface area contributed by atoms with E-state index < -0.39 is 11.8 Å². The molecule has 5 heteroatoms. The molecular weight excluding hydrogens is 220 g/mol. The second-order valence-corrected chi connectivity index (χ2v) is 4.21. The van der Waals surface area contributed by atoms with Crippen molar-refractivity contribution >= 4 is 11.8 Å². The Kier molecular flexibility index (Phi) is 2.99. The molecule has 0 spiro atoms. The van der Waals surface area contributed by atoms with Gasteiger partial charge in [-0.1, -0.05) is 18.2 Å². The van der Waals surface area contributed by atoms with Gasteiger partial charge in [0.2, 0.25) is 11.8 Å². The van der Waals surface area contributed by atoms with Crippen LogP contribution in [0.5, 0.6) is 5.75 Å². The lowest BCUT2D eigenvalue weighted by Crippen LogP contribution is -2.28. The zero-order valence-corrected chi connectivity index (χ0v) is 9.30. The van der Waals surface area contributed by atoms with Crippen LogP contribution in [0.15, 0.2) is 24.3 Å². The summed E-state index contributed by atoms with van der Waals surface area (Å²) in [5.74, 6) is -0.800. The van der Waals surface area contributed by atoms with Crippen molar-refractivity contribution in [3.63, 3.8) is 0 Å². The van der Waals surface area contributed by atoms with Gasteiger partial charge in [0.1, 0.15) is 5.75 Å².